The van der Waals surface area contributed by atoms with E-state index in [1.54, 1.807) is 0 Å². The van der Waals surface area contributed by atoms with Gasteiger partial charge in [-0.2, -0.15) is 0 Å². The van der Waals surface area contributed by atoms with Crippen LogP contribution in [0.15, 0.2) is 41.7 Å². The molecule has 1 saturated heterocycles. The number of halogens is 2. The highest BCUT2D eigenvalue weighted by molar-refractivity contribution is 7.76. The normalized spacial score (nSPS) is 22.7. The van der Waals surface area contributed by atoms with Crippen LogP contribution in [0, 0.1) is 47.0 Å². The van der Waals surface area contributed by atoms with E-state index in [9.17, 15) is 0 Å². The predicted molar refractivity (Wildman–Crippen MR) is 225 cm³/mol. The first-order chi connectivity index (χ1) is 23.6. The zero-order chi connectivity index (χ0) is 36.0. The molecule has 1 unspecified atom stereocenters. The number of hydrogen-bond acceptors (Lipinski definition) is 2. The number of benzene rings is 2. The molecule has 0 spiro atoms. The van der Waals surface area contributed by atoms with Gasteiger partial charge in [0.05, 0.1) is 0 Å². The molecule has 1 atom stereocenters. The monoisotopic (exact) mass is 734 g/mol. The van der Waals surface area contributed by atoms with Gasteiger partial charge in [0.2, 0.25) is 0 Å². The lowest BCUT2D eigenvalue weighted by Crippen LogP contribution is -2.40. The van der Waals surface area contributed by atoms with Gasteiger partial charge >= 0.3 is 0 Å². The molecule has 4 fully saturated rings. The minimum Gasteiger partial charge on any atom is -0.325 e. The number of aryl methyl sites for hydroxylation is 6. The van der Waals surface area contributed by atoms with Crippen molar-refractivity contribution < 1.29 is 0 Å². The van der Waals surface area contributed by atoms with Crippen LogP contribution in [-0.4, -0.2) is 39.9 Å². The topological polar surface area (TPSA) is 6.48 Å². The molecule has 0 N–H and O–H groups in total. The van der Waals surface area contributed by atoms with Gasteiger partial charge < -0.3 is 9.80 Å². The van der Waals surface area contributed by atoms with E-state index in [2.05, 4.69) is 108 Å². The number of allylic oxidation sites excluding steroid dienone is 2. The molecule has 50 heavy (non-hydrogen) atoms. The van der Waals surface area contributed by atoms with Gasteiger partial charge in [-0.15, -0.1) is 28.7 Å². The molecule has 0 radical (unpaired) electrons. The SMILES string of the molecule is Cc1cc(C)c(N2CCN(c3c(C)cc(C)cc3C)C2=C2CC(Cl)(Cl)CCC2P(=C=CC(C)(C)C)(C2CCCCC2)C2CCCCC2)c(C)c1. The van der Waals surface area contributed by atoms with E-state index in [1.165, 1.54) is 120 Å². The number of rotatable bonds is 5. The summed E-state index contributed by atoms with van der Waals surface area (Å²) in [4.78, 5) is 5.43. The van der Waals surface area contributed by atoms with E-state index >= 15 is 0 Å². The van der Waals surface area contributed by atoms with Crippen molar-refractivity contribution in [1.29, 1.82) is 0 Å². The number of nitrogens with zero attached hydrogens (tertiary/aromatic N) is 2. The molecule has 3 saturated carbocycles. The molecule has 274 valence electrons. The summed E-state index contributed by atoms with van der Waals surface area (Å²) in [5.74, 6) is 1.39. The summed E-state index contributed by atoms with van der Waals surface area (Å²) >= 11 is 14.8. The Morgan fingerprint density at radius 3 is 1.50 bits per heavy atom. The maximum absolute atomic E-state index is 7.41. The molecule has 5 heteroatoms. The Balaban J connectivity index is 1.71. The van der Waals surface area contributed by atoms with E-state index in [0.29, 0.717) is 5.66 Å². The third-order valence-electron chi connectivity index (χ3n) is 12.4. The third-order valence-corrected chi connectivity index (χ3v) is 18.7. The summed E-state index contributed by atoms with van der Waals surface area (Å²) in [6.07, 6.45) is 18.9. The standard InChI is InChI=1S/C45H65Cl2N2P/c1-31-26-33(3)41(34(4)27-31)48-23-24-49(42-35(5)28-32(2)29-36(42)6)43(48)39-30-45(46,47)21-20-40(39)50(25-22-44(7,8)9,37-16-12-10-13-17-37)38-18-14-11-15-19-38/h22,26-29,37-38,40H,10-21,23-24,30H2,1-9H3. The average molecular weight is 736 g/mol. The molecule has 2 aromatic carbocycles. The van der Waals surface area contributed by atoms with Crippen molar-refractivity contribution in [2.24, 2.45) is 5.41 Å². The van der Waals surface area contributed by atoms with Crippen LogP contribution in [0.4, 0.5) is 11.4 Å². The maximum atomic E-state index is 7.41. The van der Waals surface area contributed by atoms with Crippen molar-refractivity contribution >= 4 is 46.9 Å². The number of alkyl halides is 2. The Hall–Kier alpha value is -1.56. The van der Waals surface area contributed by atoms with Crippen molar-refractivity contribution in [2.75, 3.05) is 22.9 Å². The fourth-order valence-corrected chi connectivity index (χ4v) is 17.7. The van der Waals surface area contributed by atoms with Crippen LogP contribution in [0.25, 0.3) is 0 Å². The Morgan fingerprint density at radius 1 is 0.680 bits per heavy atom. The van der Waals surface area contributed by atoms with Crippen LogP contribution in [0.5, 0.6) is 0 Å². The van der Waals surface area contributed by atoms with Crippen molar-refractivity contribution in [2.45, 2.75) is 167 Å². The van der Waals surface area contributed by atoms with E-state index in [4.69, 9.17) is 23.2 Å². The van der Waals surface area contributed by atoms with E-state index in [-0.39, 0.29) is 5.41 Å². The van der Waals surface area contributed by atoms with Gasteiger partial charge in [0, 0.05) is 36.5 Å². The summed E-state index contributed by atoms with van der Waals surface area (Å²) in [6, 6.07) is 9.51. The van der Waals surface area contributed by atoms with Crippen molar-refractivity contribution in [1.82, 2.24) is 0 Å². The van der Waals surface area contributed by atoms with Crippen LogP contribution in [0.1, 0.15) is 138 Å². The summed E-state index contributed by atoms with van der Waals surface area (Å²) < 4.78 is -0.768. The third kappa shape index (κ3) is 7.72. The molecule has 0 aromatic heterocycles. The van der Waals surface area contributed by atoms with Crippen LogP contribution < -0.4 is 9.80 Å². The Morgan fingerprint density at radius 2 is 1.10 bits per heavy atom. The average Bonchev–Trinajstić information content (AvgIpc) is 3.45. The molecule has 2 nitrogen and oxygen atoms in total. The molecule has 0 bridgehead atoms. The Kier molecular flexibility index (Phi) is 11.5. The fourth-order valence-electron chi connectivity index (χ4n) is 10.7. The zero-order valence-corrected chi connectivity index (χ0v) is 35.2. The number of hydrogen-bond donors (Lipinski definition) is 0. The van der Waals surface area contributed by atoms with Crippen LogP contribution >= 0.6 is 30.1 Å². The van der Waals surface area contributed by atoms with Gasteiger partial charge in [-0.1, -0.05) is 102 Å². The zero-order valence-electron chi connectivity index (χ0n) is 32.8. The smallest absolute Gasteiger partial charge is 0.122 e. The molecule has 2 aromatic rings. The van der Waals surface area contributed by atoms with Gasteiger partial charge in [-0.05, 0) is 131 Å². The van der Waals surface area contributed by atoms with Crippen molar-refractivity contribution in [3.05, 3.63) is 75.1 Å². The summed E-state index contributed by atoms with van der Waals surface area (Å²) in [6.45, 7) is 21.0. The highest BCUT2D eigenvalue weighted by Gasteiger charge is 2.50. The summed E-state index contributed by atoms with van der Waals surface area (Å²) in [5, 5.41) is 0. The maximum Gasteiger partial charge on any atom is 0.122 e. The first-order valence-corrected chi connectivity index (χ1v) is 22.7. The molecular weight excluding hydrogens is 670 g/mol. The second-order valence-corrected chi connectivity index (χ2v) is 23.4. The van der Waals surface area contributed by atoms with Crippen molar-refractivity contribution in [3.8, 4) is 0 Å². The van der Waals surface area contributed by atoms with Gasteiger partial charge in [0.15, 0.2) is 0 Å². The quantitative estimate of drug-likeness (QED) is 0.223. The lowest BCUT2D eigenvalue weighted by molar-refractivity contribution is 0.472. The second kappa shape index (κ2) is 15.1. The highest BCUT2D eigenvalue weighted by atomic mass is 35.5. The van der Waals surface area contributed by atoms with Gasteiger partial charge in [0.1, 0.15) is 10.2 Å². The molecule has 1 heterocycles. The lowest BCUT2D eigenvalue weighted by Gasteiger charge is -2.51. The second-order valence-electron chi connectivity index (χ2n) is 17.8. The molecule has 0 amide bonds. The molecule has 3 aliphatic carbocycles. The van der Waals surface area contributed by atoms with Gasteiger partial charge in [0.25, 0.3) is 0 Å². The first kappa shape index (κ1) is 38.2. The van der Waals surface area contributed by atoms with E-state index in [1.807, 2.05) is 0 Å². The first-order valence-electron chi connectivity index (χ1n) is 19.9. The van der Waals surface area contributed by atoms with Crippen LogP contribution in [-0.2, 0) is 0 Å². The largest absolute Gasteiger partial charge is 0.325 e. The minimum absolute atomic E-state index is 0.0942. The highest BCUT2D eigenvalue weighted by Crippen LogP contribution is 2.71. The summed E-state index contributed by atoms with van der Waals surface area (Å²) in [7, 11) is 0. The molecule has 1 aliphatic heterocycles. The molecular formula is C45H65Cl2N2P. The Bertz CT molecular complexity index is 1560. The van der Waals surface area contributed by atoms with E-state index < -0.39 is 11.2 Å². The van der Waals surface area contributed by atoms with Gasteiger partial charge in [-0.3, -0.25) is 0 Å². The predicted octanol–water partition coefficient (Wildman–Crippen LogP) is 13.5. The molecule has 4 aliphatic rings. The fraction of sp³-hybridized carbons (Fsp3) is 0.644. The minimum atomic E-state index is -1.82. The van der Waals surface area contributed by atoms with Gasteiger partial charge in [-0.25, -0.2) is 0 Å². The summed E-state index contributed by atoms with van der Waals surface area (Å²) in [5.41, 5.74) is 19.0. The van der Waals surface area contributed by atoms with Crippen LogP contribution in [0.2, 0.25) is 0 Å². The van der Waals surface area contributed by atoms with E-state index in [0.717, 1.165) is 43.7 Å². The lowest BCUT2D eigenvalue weighted by atomic mass is 9.92. The van der Waals surface area contributed by atoms with Crippen LogP contribution in [0.3, 0.4) is 0 Å². The number of anilines is 2. The molecule has 6 rings (SSSR count). The Labute approximate surface area is 316 Å². The van der Waals surface area contributed by atoms with Crippen molar-refractivity contribution in [3.63, 3.8) is 0 Å².